The van der Waals surface area contributed by atoms with Crippen molar-refractivity contribution in [1.82, 2.24) is 20.2 Å². The maximum atomic E-state index is 11.3. The van der Waals surface area contributed by atoms with Crippen LogP contribution in [-0.2, 0) is 4.79 Å². The van der Waals surface area contributed by atoms with Crippen molar-refractivity contribution in [1.29, 1.82) is 0 Å². The van der Waals surface area contributed by atoms with Crippen LogP contribution in [0.3, 0.4) is 0 Å². The Hall–Kier alpha value is -2.55. The number of tetrazole rings is 1. The molecule has 2 aromatic rings. The van der Waals surface area contributed by atoms with E-state index in [1.165, 1.54) is 6.07 Å². The quantitative estimate of drug-likeness (QED) is 0.547. The highest BCUT2D eigenvalue weighted by Crippen LogP contribution is 2.30. The molecule has 0 saturated heterocycles. The van der Waals surface area contributed by atoms with E-state index >= 15 is 0 Å². The number of nitrogens with zero attached hydrogens (tertiary/aromatic N) is 3. The molecule has 0 unspecified atom stereocenters. The molecule has 0 saturated carbocycles. The third kappa shape index (κ3) is 3.48. The molecule has 1 heterocycles. The first-order valence-corrected chi connectivity index (χ1v) is 5.73. The molecule has 4 N–H and O–H groups in total. The number of hydrogen-bond donors (Lipinski definition) is 3. The fourth-order valence-corrected chi connectivity index (χ4v) is 1.58. The zero-order valence-corrected chi connectivity index (χ0v) is 11.2. The summed E-state index contributed by atoms with van der Waals surface area (Å²) < 4.78 is 6.30. The summed E-state index contributed by atoms with van der Waals surface area (Å²) in [5, 5.41) is 16.4. The summed E-state index contributed by atoms with van der Waals surface area (Å²) in [5.74, 6) is 0.465. The lowest BCUT2D eigenvalue weighted by Gasteiger charge is -2.09. The lowest BCUT2D eigenvalue weighted by Crippen LogP contribution is -2.17. The predicted molar refractivity (Wildman–Crippen MR) is 71.3 cm³/mol. The monoisotopic (exact) mass is 301 g/mol. The molecule has 0 aliphatic heterocycles. The van der Waals surface area contributed by atoms with E-state index in [1.807, 2.05) is 6.92 Å². The fourth-order valence-electron chi connectivity index (χ4n) is 1.36. The molecule has 10 heteroatoms. The van der Waals surface area contributed by atoms with Crippen LogP contribution in [0, 0.1) is 0 Å². The van der Waals surface area contributed by atoms with Crippen LogP contribution in [-0.4, -0.2) is 38.4 Å². The largest absolute Gasteiger partial charge is 0.492 e. The second kappa shape index (κ2) is 7.14. The van der Waals surface area contributed by atoms with Crippen LogP contribution < -0.4 is 16.2 Å². The number of halogens is 1. The molecule has 0 aliphatic carbocycles. The molecule has 0 fully saturated rings. The third-order valence-corrected chi connectivity index (χ3v) is 2.38. The number of aromatic nitrogens is 4. The Bertz CT molecular complexity index is 639. The van der Waals surface area contributed by atoms with Gasteiger partial charge in [-0.3, -0.25) is 4.79 Å². The minimum Gasteiger partial charge on any atom is -0.492 e. The summed E-state index contributed by atoms with van der Waals surface area (Å²) >= 11 is 6.00. The second-order valence-electron chi connectivity index (χ2n) is 3.30. The number of H-pyrrole nitrogens is 1. The van der Waals surface area contributed by atoms with Gasteiger partial charge in [-0.2, -0.15) is 4.68 Å². The van der Waals surface area contributed by atoms with Crippen LogP contribution >= 0.6 is 11.6 Å². The Labute approximate surface area is 117 Å². The molecule has 0 bridgehead atoms. The first kappa shape index (κ1) is 15.5. The van der Waals surface area contributed by atoms with Crippen LogP contribution in [0.1, 0.15) is 6.92 Å². The maximum absolute atomic E-state index is 11.3. The Balaban J connectivity index is 0.000000612. The van der Waals surface area contributed by atoms with Gasteiger partial charge in [0.05, 0.1) is 23.0 Å². The van der Waals surface area contributed by atoms with Crippen molar-refractivity contribution in [2.24, 2.45) is 0 Å². The molecule has 108 valence electrons. The van der Waals surface area contributed by atoms with Crippen LogP contribution in [0.25, 0.3) is 5.69 Å². The van der Waals surface area contributed by atoms with Gasteiger partial charge in [-0.05, 0) is 23.4 Å². The number of aromatic amines is 1. The average Bonchev–Trinajstić information content (AvgIpc) is 2.81. The number of nitrogens with one attached hydrogen (secondary N) is 1. The maximum Gasteiger partial charge on any atom is 0.365 e. The number of hydrogen-bond acceptors (Lipinski definition) is 6. The van der Waals surface area contributed by atoms with Crippen LogP contribution in [0.15, 0.2) is 16.9 Å². The molecule has 20 heavy (non-hydrogen) atoms. The number of rotatable bonds is 3. The van der Waals surface area contributed by atoms with Gasteiger partial charge in [0.2, 0.25) is 0 Å². The molecule has 0 radical (unpaired) electrons. The van der Waals surface area contributed by atoms with E-state index in [4.69, 9.17) is 32.0 Å². The number of carboxylic acid groups (broad SMARTS) is 1. The van der Waals surface area contributed by atoms with Gasteiger partial charge in [-0.25, -0.2) is 9.89 Å². The summed E-state index contributed by atoms with van der Waals surface area (Å²) in [5.41, 5.74) is 6.00. The molecule has 0 atom stereocenters. The molecule has 9 nitrogen and oxygen atoms in total. The fraction of sp³-hybridized carbons (Fsp3) is 0.200. The van der Waals surface area contributed by atoms with Crippen molar-refractivity contribution >= 4 is 23.8 Å². The van der Waals surface area contributed by atoms with E-state index in [9.17, 15) is 4.79 Å². The van der Waals surface area contributed by atoms with Crippen molar-refractivity contribution in [2.75, 3.05) is 12.3 Å². The average molecular weight is 302 g/mol. The van der Waals surface area contributed by atoms with Gasteiger partial charge in [0.25, 0.3) is 6.47 Å². The first-order valence-electron chi connectivity index (χ1n) is 5.35. The highest BCUT2D eigenvalue weighted by molar-refractivity contribution is 6.32. The van der Waals surface area contributed by atoms with Gasteiger partial charge in [0, 0.05) is 6.07 Å². The van der Waals surface area contributed by atoms with E-state index in [-0.39, 0.29) is 6.47 Å². The Morgan fingerprint density at radius 3 is 2.75 bits per heavy atom. The summed E-state index contributed by atoms with van der Waals surface area (Å²) in [7, 11) is 0. The molecular formula is C10H12ClN5O4. The number of benzene rings is 1. The third-order valence-electron chi connectivity index (χ3n) is 2.08. The number of carbonyl (C=O) groups is 1. The van der Waals surface area contributed by atoms with Crippen LogP contribution in [0.4, 0.5) is 5.69 Å². The minimum absolute atomic E-state index is 0.250. The van der Waals surface area contributed by atoms with E-state index in [0.29, 0.717) is 28.8 Å². The SMILES string of the molecule is CCOc1cc(N)c(-n2nn[nH]c2=O)cc1Cl.O=CO. The van der Waals surface area contributed by atoms with Crippen molar-refractivity contribution in [3.8, 4) is 11.4 Å². The van der Waals surface area contributed by atoms with Gasteiger partial charge < -0.3 is 15.6 Å². The Morgan fingerprint density at radius 1 is 1.60 bits per heavy atom. The standard InChI is InChI=1S/C9H10ClN5O2.CH2O2/c1-2-17-8-4-6(11)7(3-5(8)10)15-9(16)12-13-14-15;2-1-3/h3-4H,2,11H2,1H3,(H,12,14,16);1H,(H,2,3). The molecular weight excluding hydrogens is 290 g/mol. The topological polar surface area (TPSA) is 136 Å². The molecule has 0 spiro atoms. The smallest absolute Gasteiger partial charge is 0.365 e. The van der Waals surface area contributed by atoms with Gasteiger partial charge in [0.1, 0.15) is 5.75 Å². The lowest BCUT2D eigenvalue weighted by molar-refractivity contribution is -0.122. The zero-order chi connectivity index (χ0) is 15.1. The lowest BCUT2D eigenvalue weighted by atomic mass is 10.2. The first-order chi connectivity index (χ1) is 9.54. The summed E-state index contributed by atoms with van der Waals surface area (Å²) in [4.78, 5) is 19.7. The van der Waals surface area contributed by atoms with E-state index in [2.05, 4.69) is 15.5 Å². The normalized spacial score (nSPS) is 9.50. The van der Waals surface area contributed by atoms with Crippen molar-refractivity contribution < 1.29 is 14.6 Å². The number of nitrogen functional groups attached to an aromatic ring is 1. The highest BCUT2D eigenvalue weighted by atomic mass is 35.5. The van der Waals surface area contributed by atoms with Crippen molar-refractivity contribution in [2.45, 2.75) is 6.92 Å². The molecule has 0 amide bonds. The molecule has 0 aliphatic rings. The highest BCUT2D eigenvalue weighted by Gasteiger charge is 2.12. The second-order valence-corrected chi connectivity index (χ2v) is 3.71. The van der Waals surface area contributed by atoms with Crippen molar-refractivity contribution in [3.63, 3.8) is 0 Å². The number of ether oxygens (including phenoxy) is 1. The van der Waals surface area contributed by atoms with E-state index in [1.54, 1.807) is 6.07 Å². The van der Waals surface area contributed by atoms with Crippen LogP contribution in [0.5, 0.6) is 5.75 Å². The molecule has 1 aromatic heterocycles. The van der Waals surface area contributed by atoms with Gasteiger partial charge in [0.15, 0.2) is 0 Å². The molecule has 1 aromatic carbocycles. The number of nitrogens with two attached hydrogens (primary N) is 1. The summed E-state index contributed by atoms with van der Waals surface area (Å²) in [6, 6.07) is 3.05. The van der Waals surface area contributed by atoms with Gasteiger partial charge in [-0.1, -0.05) is 11.6 Å². The Morgan fingerprint density at radius 2 is 2.25 bits per heavy atom. The van der Waals surface area contributed by atoms with Gasteiger partial charge in [-0.15, -0.1) is 0 Å². The summed E-state index contributed by atoms with van der Waals surface area (Å²) in [6.07, 6.45) is 0. The predicted octanol–water partition coefficient (Wildman–Crippen LogP) is 0.291. The Kier molecular flexibility index (Phi) is 5.54. The van der Waals surface area contributed by atoms with E-state index in [0.717, 1.165) is 4.68 Å². The van der Waals surface area contributed by atoms with E-state index < -0.39 is 5.69 Å². The zero-order valence-electron chi connectivity index (χ0n) is 10.4. The molecule has 2 rings (SSSR count). The van der Waals surface area contributed by atoms with Crippen molar-refractivity contribution in [3.05, 3.63) is 27.6 Å². The summed E-state index contributed by atoms with van der Waals surface area (Å²) in [6.45, 7) is 2.06. The number of anilines is 1. The van der Waals surface area contributed by atoms with Gasteiger partial charge >= 0.3 is 5.69 Å². The minimum atomic E-state index is -0.489. The van der Waals surface area contributed by atoms with Crippen LogP contribution in [0.2, 0.25) is 5.02 Å².